The van der Waals surface area contributed by atoms with Gasteiger partial charge in [0, 0.05) is 9.78 Å². The molecule has 100 valence electrons. The van der Waals surface area contributed by atoms with E-state index in [2.05, 4.69) is 57.8 Å². The van der Waals surface area contributed by atoms with Gasteiger partial charge < -0.3 is 24.8 Å². The zero-order valence-electron chi connectivity index (χ0n) is 11.6. The summed E-state index contributed by atoms with van der Waals surface area (Å²) in [6, 6.07) is 0. The van der Waals surface area contributed by atoms with E-state index < -0.39 is 8.07 Å². The van der Waals surface area contributed by atoms with Crippen molar-refractivity contribution in [3.63, 3.8) is 0 Å². The minimum absolute atomic E-state index is 0. The second kappa shape index (κ2) is 7.78. The summed E-state index contributed by atoms with van der Waals surface area (Å²) in [7, 11) is -0.683. The number of rotatable bonds is 1. The molecule has 0 saturated heterocycles. The van der Waals surface area contributed by atoms with Gasteiger partial charge >= 0.3 is 26.2 Å². The largest absolute Gasteiger partial charge is 2.00 e. The summed E-state index contributed by atoms with van der Waals surface area (Å²) in [5, 5.41) is 0. The Hall–Kier alpha value is 1.12. The van der Waals surface area contributed by atoms with E-state index in [-0.39, 0.29) is 51.0 Å². The van der Waals surface area contributed by atoms with Gasteiger partial charge in [-0.2, -0.15) is 10.5 Å². The van der Waals surface area contributed by atoms with E-state index in [4.69, 9.17) is 0 Å². The SMILES string of the molecule is CC(C)=S1C2=CC=CC2=CC1[Si](C)(C)C.[Cl-].[Cl-].[Zr+2]. The molecular formula is C13H20Cl2SSiZr. The Morgan fingerprint density at radius 2 is 1.72 bits per heavy atom. The fourth-order valence-corrected chi connectivity index (χ4v) is 8.92. The maximum absolute atomic E-state index is 2.54. The number of hydrogen-bond acceptors (Lipinski definition) is 0. The molecule has 2 atom stereocenters. The molecule has 0 bridgehead atoms. The number of fused-ring (bicyclic) bond motifs is 1. The van der Waals surface area contributed by atoms with Crippen molar-refractivity contribution in [2.45, 2.75) is 38.4 Å². The van der Waals surface area contributed by atoms with Gasteiger partial charge in [0.25, 0.3) is 0 Å². The maximum atomic E-state index is 2.54. The molecule has 0 amide bonds. The molecule has 0 aromatic carbocycles. The van der Waals surface area contributed by atoms with Crippen LogP contribution in [0.5, 0.6) is 0 Å². The van der Waals surface area contributed by atoms with Crippen LogP contribution in [0.2, 0.25) is 19.6 Å². The number of halogens is 2. The van der Waals surface area contributed by atoms with E-state index in [1.807, 2.05) is 0 Å². The van der Waals surface area contributed by atoms with Gasteiger partial charge in [-0.1, -0.05) is 37.9 Å². The number of allylic oxidation sites excluding steroid dienone is 4. The van der Waals surface area contributed by atoms with E-state index in [0.717, 1.165) is 4.87 Å². The van der Waals surface area contributed by atoms with E-state index >= 15 is 0 Å². The molecule has 5 heteroatoms. The standard InChI is InChI=1S/C13H20SSi.2ClH.Zr/c1-10(2)14-12-8-6-7-11(12)9-13(14)15(3,4)5;;;/h6-9,13H,1-5H3;2*1H;/q;;;+2/p-2. The van der Waals surface area contributed by atoms with Crippen molar-refractivity contribution in [3.8, 4) is 0 Å². The monoisotopic (exact) mass is 396 g/mol. The Morgan fingerprint density at radius 1 is 1.17 bits per heavy atom. The maximum Gasteiger partial charge on any atom is 2.00 e. The third-order valence-corrected chi connectivity index (χ3v) is 9.99. The second-order valence-corrected chi connectivity index (χ2v) is 13.8. The molecule has 0 saturated carbocycles. The molecule has 0 nitrogen and oxygen atoms in total. The summed E-state index contributed by atoms with van der Waals surface area (Å²) in [5.41, 5.74) is 1.51. The Balaban J connectivity index is 0. The zero-order chi connectivity index (χ0) is 11.2. The molecule has 0 N–H and O–H groups in total. The summed E-state index contributed by atoms with van der Waals surface area (Å²) in [4.78, 5) is 4.03. The first-order chi connectivity index (χ1) is 6.91. The summed E-state index contributed by atoms with van der Waals surface area (Å²) < 4.78 is 0. The molecule has 0 aromatic heterocycles. The molecule has 1 heterocycles. The van der Waals surface area contributed by atoms with Gasteiger partial charge in [-0.25, -0.2) is 0 Å². The predicted octanol–water partition coefficient (Wildman–Crippen LogP) is -1.89. The predicted molar refractivity (Wildman–Crippen MR) is 76.4 cm³/mol. The fraction of sp³-hybridized carbons (Fsp3) is 0.462. The van der Waals surface area contributed by atoms with Gasteiger partial charge in [0.1, 0.15) is 0 Å². The van der Waals surface area contributed by atoms with Crippen LogP contribution in [-0.2, 0) is 26.2 Å². The van der Waals surface area contributed by atoms with Crippen LogP contribution in [0.3, 0.4) is 0 Å². The zero-order valence-corrected chi connectivity index (χ0v) is 17.3. The minimum atomic E-state index is -1.08. The molecule has 2 aliphatic rings. The van der Waals surface area contributed by atoms with Crippen molar-refractivity contribution in [2.24, 2.45) is 0 Å². The van der Waals surface area contributed by atoms with Crippen LogP contribution >= 0.6 is 10.5 Å². The van der Waals surface area contributed by atoms with Gasteiger partial charge in [0.05, 0.1) is 8.07 Å². The van der Waals surface area contributed by atoms with E-state index in [1.165, 1.54) is 5.57 Å². The quantitative estimate of drug-likeness (QED) is 0.358. The molecule has 18 heavy (non-hydrogen) atoms. The van der Waals surface area contributed by atoms with Crippen LogP contribution in [-0.4, -0.2) is 17.8 Å². The first-order valence-electron chi connectivity index (χ1n) is 5.55. The minimum Gasteiger partial charge on any atom is -1.00 e. The first kappa shape index (κ1) is 21.4. The smallest absolute Gasteiger partial charge is 1.00 e. The van der Waals surface area contributed by atoms with E-state index in [1.54, 1.807) is 9.77 Å². The molecule has 0 fully saturated rings. The van der Waals surface area contributed by atoms with Crippen molar-refractivity contribution in [2.75, 3.05) is 0 Å². The molecule has 1 aliphatic carbocycles. The first-order valence-corrected chi connectivity index (χ1v) is 10.4. The van der Waals surface area contributed by atoms with Gasteiger partial charge in [0.2, 0.25) is 0 Å². The van der Waals surface area contributed by atoms with Crippen LogP contribution in [0.15, 0.2) is 34.8 Å². The number of hydrogen-bond donors (Lipinski definition) is 0. The van der Waals surface area contributed by atoms with Crippen molar-refractivity contribution >= 4 is 23.4 Å². The molecule has 0 radical (unpaired) electrons. The Morgan fingerprint density at radius 3 is 2.17 bits per heavy atom. The van der Waals surface area contributed by atoms with Crippen molar-refractivity contribution in [1.29, 1.82) is 0 Å². The third kappa shape index (κ3) is 4.06. The summed E-state index contributed by atoms with van der Waals surface area (Å²) in [6.07, 6.45) is 9.34. The molecular weight excluding hydrogens is 378 g/mol. The van der Waals surface area contributed by atoms with Gasteiger partial charge in [0.15, 0.2) is 0 Å². The normalized spacial score (nSPS) is 24.1. The summed E-state index contributed by atoms with van der Waals surface area (Å²) >= 11 is 0. The van der Waals surface area contributed by atoms with Gasteiger partial charge in [-0.05, 0) is 30.4 Å². The molecule has 2 unspecified atom stereocenters. The van der Waals surface area contributed by atoms with Crippen LogP contribution in [0.1, 0.15) is 13.8 Å². The van der Waals surface area contributed by atoms with Crippen molar-refractivity contribution in [3.05, 3.63) is 34.8 Å². The molecule has 2 rings (SSSR count). The van der Waals surface area contributed by atoms with Crippen LogP contribution in [0.25, 0.3) is 0 Å². The third-order valence-electron chi connectivity index (χ3n) is 2.92. The van der Waals surface area contributed by atoms with Crippen LogP contribution in [0.4, 0.5) is 0 Å². The van der Waals surface area contributed by atoms with Gasteiger partial charge in [-0.15, -0.1) is 0 Å². The average molecular weight is 399 g/mol. The molecule has 0 aromatic rings. The topological polar surface area (TPSA) is 0 Å². The fourth-order valence-electron chi connectivity index (χ4n) is 2.20. The Bertz CT molecular complexity index is 427. The second-order valence-electron chi connectivity index (χ2n) is 5.54. The molecule has 1 aliphatic heterocycles. The summed E-state index contributed by atoms with van der Waals surface area (Å²) in [6.45, 7) is 12.1. The Kier molecular flexibility index (Phi) is 9.26. The van der Waals surface area contributed by atoms with Crippen molar-refractivity contribution < 1.29 is 51.0 Å². The molecule has 0 spiro atoms. The summed E-state index contributed by atoms with van der Waals surface area (Å²) in [5.74, 6) is 0. The van der Waals surface area contributed by atoms with E-state index in [9.17, 15) is 0 Å². The average Bonchev–Trinajstić information content (AvgIpc) is 2.56. The van der Waals surface area contributed by atoms with E-state index in [0.29, 0.717) is 10.5 Å². The van der Waals surface area contributed by atoms with Crippen LogP contribution < -0.4 is 24.8 Å². The van der Waals surface area contributed by atoms with Crippen LogP contribution in [0, 0.1) is 0 Å². The Labute approximate surface area is 146 Å². The van der Waals surface area contributed by atoms with Gasteiger partial charge in [-0.3, -0.25) is 0 Å². The van der Waals surface area contributed by atoms with Crippen molar-refractivity contribution in [1.82, 2.24) is 0 Å².